The Hall–Kier alpha value is -1.08. The second-order valence-electron chi connectivity index (χ2n) is 3.37. The molecule has 1 aromatic carbocycles. The van der Waals surface area contributed by atoms with Crippen molar-refractivity contribution in [2.45, 2.75) is 18.1 Å². The lowest BCUT2D eigenvalue weighted by Gasteiger charge is -2.25. The molecular weight excluding hydrogens is 281 g/mol. The van der Waals surface area contributed by atoms with Crippen molar-refractivity contribution < 1.29 is 26.7 Å². The predicted octanol–water partition coefficient (Wildman–Crippen LogP) is 3.31. The lowest BCUT2D eigenvalue weighted by atomic mass is 10.0. The minimum Gasteiger partial charge on any atom is -0.497 e. The van der Waals surface area contributed by atoms with Crippen LogP contribution in [0, 0.1) is 0 Å². The van der Waals surface area contributed by atoms with Gasteiger partial charge in [-0.15, -0.1) is 12.4 Å². The van der Waals surface area contributed by atoms with E-state index in [-0.39, 0.29) is 18.0 Å². The number of rotatable bonds is 3. The van der Waals surface area contributed by atoms with Crippen molar-refractivity contribution in [1.29, 1.82) is 0 Å². The number of ether oxygens (including phenoxy) is 1. The molecule has 18 heavy (non-hydrogen) atoms. The summed E-state index contributed by atoms with van der Waals surface area (Å²) in [6.07, 6.45) is -5.67. The van der Waals surface area contributed by atoms with Crippen LogP contribution >= 0.6 is 12.4 Å². The molecule has 0 aromatic heterocycles. The molecule has 0 aliphatic rings. The van der Waals surface area contributed by atoms with Crippen LogP contribution in [0.2, 0.25) is 0 Å². The van der Waals surface area contributed by atoms with Crippen LogP contribution in [0.4, 0.5) is 22.0 Å². The van der Waals surface area contributed by atoms with Crippen LogP contribution in [0.15, 0.2) is 24.3 Å². The van der Waals surface area contributed by atoms with E-state index in [0.717, 1.165) is 12.1 Å². The highest BCUT2D eigenvalue weighted by Gasteiger charge is 2.61. The maximum absolute atomic E-state index is 12.9. The predicted molar refractivity (Wildman–Crippen MR) is 58.2 cm³/mol. The zero-order valence-corrected chi connectivity index (χ0v) is 9.99. The van der Waals surface area contributed by atoms with E-state index >= 15 is 0 Å². The summed E-state index contributed by atoms with van der Waals surface area (Å²) in [7, 11) is 1.35. The molecule has 0 radical (unpaired) electrons. The van der Waals surface area contributed by atoms with Crippen molar-refractivity contribution in [3.8, 4) is 5.75 Å². The Morgan fingerprint density at radius 3 is 1.83 bits per heavy atom. The van der Waals surface area contributed by atoms with E-state index in [4.69, 9.17) is 10.5 Å². The van der Waals surface area contributed by atoms with Gasteiger partial charge in [0, 0.05) is 0 Å². The smallest absolute Gasteiger partial charge is 0.455 e. The van der Waals surface area contributed by atoms with Crippen LogP contribution in [0.5, 0.6) is 5.75 Å². The van der Waals surface area contributed by atoms with Gasteiger partial charge in [0.25, 0.3) is 0 Å². The lowest BCUT2D eigenvalue weighted by molar-refractivity contribution is -0.291. The van der Waals surface area contributed by atoms with Gasteiger partial charge in [-0.3, -0.25) is 0 Å². The van der Waals surface area contributed by atoms with Crippen molar-refractivity contribution in [2.24, 2.45) is 5.73 Å². The maximum atomic E-state index is 12.9. The first-order chi connectivity index (χ1) is 7.70. The maximum Gasteiger partial charge on any atom is 0.455 e. The first-order valence-electron chi connectivity index (χ1n) is 4.54. The molecular formula is C10H11ClF5NO. The van der Waals surface area contributed by atoms with E-state index in [9.17, 15) is 22.0 Å². The van der Waals surface area contributed by atoms with Crippen LogP contribution in [0.3, 0.4) is 0 Å². The fourth-order valence-electron chi connectivity index (χ4n) is 1.20. The fraction of sp³-hybridized carbons (Fsp3) is 0.400. The number of hydrogen-bond donors (Lipinski definition) is 1. The third kappa shape index (κ3) is 3.23. The molecule has 0 aliphatic carbocycles. The summed E-state index contributed by atoms with van der Waals surface area (Å²) in [4.78, 5) is 0. The molecule has 0 saturated carbocycles. The molecule has 8 heteroatoms. The number of benzene rings is 1. The Balaban J connectivity index is 0.00000289. The third-order valence-corrected chi connectivity index (χ3v) is 2.24. The summed E-state index contributed by atoms with van der Waals surface area (Å²) in [5, 5.41) is 0. The first kappa shape index (κ1) is 16.9. The Morgan fingerprint density at radius 2 is 1.50 bits per heavy atom. The number of nitrogens with two attached hydrogens (primary N) is 1. The van der Waals surface area contributed by atoms with Gasteiger partial charge in [-0.25, -0.2) is 0 Å². The molecule has 1 aromatic rings. The average Bonchev–Trinajstić information content (AvgIpc) is 2.26. The van der Waals surface area contributed by atoms with Crippen molar-refractivity contribution in [3.63, 3.8) is 0 Å². The van der Waals surface area contributed by atoms with E-state index in [1.165, 1.54) is 19.2 Å². The topological polar surface area (TPSA) is 35.2 Å². The van der Waals surface area contributed by atoms with E-state index in [0.29, 0.717) is 5.75 Å². The average molecular weight is 292 g/mol. The number of hydrogen-bond acceptors (Lipinski definition) is 2. The molecule has 0 heterocycles. The highest BCUT2D eigenvalue weighted by atomic mass is 35.5. The van der Waals surface area contributed by atoms with E-state index in [2.05, 4.69) is 0 Å². The molecule has 0 saturated heterocycles. The zero-order valence-electron chi connectivity index (χ0n) is 9.17. The van der Waals surface area contributed by atoms with Crippen LogP contribution in [-0.4, -0.2) is 19.2 Å². The van der Waals surface area contributed by atoms with Gasteiger partial charge in [-0.2, -0.15) is 22.0 Å². The molecule has 1 rings (SSSR count). The fourth-order valence-corrected chi connectivity index (χ4v) is 1.20. The molecule has 0 amide bonds. The molecule has 1 atom stereocenters. The van der Waals surface area contributed by atoms with Gasteiger partial charge in [0.1, 0.15) is 11.8 Å². The van der Waals surface area contributed by atoms with Gasteiger partial charge in [0.05, 0.1) is 7.11 Å². The van der Waals surface area contributed by atoms with Crippen LogP contribution in [-0.2, 0) is 0 Å². The van der Waals surface area contributed by atoms with Crippen LogP contribution in [0.25, 0.3) is 0 Å². The normalized spacial score (nSPS) is 13.7. The molecule has 104 valence electrons. The molecule has 0 spiro atoms. The molecule has 0 aliphatic heterocycles. The quantitative estimate of drug-likeness (QED) is 0.867. The number of alkyl halides is 5. The van der Waals surface area contributed by atoms with Gasteiger partial charge < -0.3 is 10.5 Å². The minimum absolute atomic E-state index is 0. The monoisotopic (exact) mass is 291 g/mol. The summed E-state index contributed by atoms with van der Waals surface area (Å²) >= 11 is 0. The second-order valence-corrected chi connectivity index (χ2v) is 3.37. The van der Waals surface area contributed by atoms with Crippen LogP contribution in [0.1, 0.15) is 11.6 Å². The van der Waals surface area contributed by atoms with Crippen molar-refractivity contribution >= 4 is 12.4 Å². The standard InChI is InChI=1S/C10H10F5NO.ClH/c1-17-7-4-2-6(3-5-7)8(16)9(11,12)10(13,14)15;/h2-5,8H,16H2,1H3;1H/t8-;/m0./s1. The van der Waals surface area contributed by atoms with Crippen LogP contribution < -0.4 is 10.5 Å². The SMILES string of the molecule is COc1ccc([C@H](N)C(F)(F)C(F)(F)F)cc1.Cl. The Morgan fingerprint density at radius 1 is 1.06 bits per heavy atom. The van der Waals surface area contributed by atoms with Gasteiger partial charge in [-0.1, -0.05) is 12.1 Å². The van der Waals surface area contributed by atoms with Gasteiger partial charge in [0.15, 0.2) is 0 Å². The summed E-state index contributed by atoms with van der Waals surface area (Å²) < 4.78 is 66.8. The molecule has 2 N–H and O–H groups in total. The third-order valence-electron chi connectivity index (χ3n) is 2.24. The Labute approximate surface area is 106 Å². The largest absolute Gasteiger partial charge is 0.497 e. The highest BCUT2D eigenvalue weighted by molar-refractivity contribution is 5.85. The Kier molecular flexibility index (Phi) is 5.36. The summed E-state index contributed by atoms with van der Waals surface area (Å²) in [5.41, 5.74) is 4.63. The molecule has 0 bridgehead atoms. The molecule has 0 unspecified atom stereocenters. The lowest BCUT2D eigenvalue weighted by Crippen LogP contribution is -2.45. The number of methoxy groups -OCH3 is 1. The Bertz CT molecular complexity index is 379. The van der Waals surface area contributed by atoms with E-state index in [1.807, 2.05) is 0 Å². The van der Waals surface area contributed by atoms with Crippen molar-refractivity contribution in [1.82, 2.24) is 0 Å². The number of halogens is 6. The van der Waals surface area contributed by atoms with Gasteiger partial charge >= 0.3 is 12.1 Å². The molecule has 2 nitrogen and oxygen atoms in total. The summed E-state index contributed by atoms with van der Waals surface area (Å²) in [6.45, 7) is 0. The summed E-state index contributed by atoms with van der Waals surface area (Å²) in [5.74, 6) is -4.63. The van der Waals surface area contributed by atoms with E-state index < -0.39 is 18.1 Å². The zero-order chi connectivity index (χ0) is 13.3. The first-order valence-corrected chi connectivity index (χ1v) is 4.54. The minimum atomic E-state index is -5.67. The summed E-state index contributed by atoms with van der Waals surface area (Å²) in [6, 6.07) is 2.24. The second kappa shape index (κ2) is 5.71. The van der Waals surface area contributed by atoms with Crippen molar-refractivity contribution in [2.75, 3.05) is 7.11 Å². The van der Waals surface area contributed by atoms with E-state index in [1.54, 1.807) is 0 Å². The molecule has 0 fully saturated rings. The van der Waals surface area contributed by atoms with Gasteiger partial charge in [0.2, 0.25) is 0 Å². The van der Waals surface area contributed by atoms with Crippen molar-refractivity contribution in [3.05, 3.63) is 29.8 Å². The van der Waals surface area contributed by atoms with Gasteiger partial charge in [-0.05, 0) is 17.7 Å². The highest BCUT2D eigenvalue weighted by Crippen LogP contribution is 2.43.